The Morgan fingerprint density at radius 2 is 0.886 bits per heavy atom. The molecule has 0 saturated carbocycles. The molecule has 70 heavy (non-hydrogen) atoms. The number of benzene rings is 2. The van der Waals surface area contributed by atoms with Gasteiger partial charge < -0.3 is 49.3 Å². The van der Waals surface area contributed by atoms with Crippen molar-refractivity contribution in [2.45, 2.75) is 168 Å². The van der Waals surface area contributed by atoms with Gasteiger partial charge in [-0.25, -0.2) is 19.6 Å². The molecule has 4 N–H and O–H groups in total. The molecular weight excluding hydrogens is 889 g/mol. The lowest BCUT2D eigenvalue weighted by molar-refractivity contribution is -0.142. The van der Waals surface area contributed by atoms with E-state index in [9.17, 15) is 19.2 Å². The predicted molar refractivity (Wildman–Crippen MR) is 266 cm³/mol. The summed E-state index contributed by atoms with van der Waals surface area (Å²) in [6, 6.07) is 14.2. The molecule has 4 aromatic rings. The smallest absolute Gasteiger partial charge is 0.407 e. The van der Waals surface area contributed by atoms with Crippen molar-refractivity contribution in [2.24, 2.45) is 22.7 Å². The van der Waals surface area contributed by atoms with Gasteiger partial charge in [0.2, 0.25) is 11.8 Å². The summed E-state index contributed by atoms with van der Waals surface area (Å²) in [6.07, 6.45) is 6.26. The molecule has 8 rings (SSSR count). The van der Waals surface area contributed by atoms with E-state index in [4.69, 9.17) is 28.9 Å². The number of aromatic amines is 2. The Hall–Kier alpha value is -5.74. The summed E-state index contributed by atoms with van der Waals surface area (Å²) in [6.45, 7) is 20.9. The summed E-state index contributed by atoms with van der Waals surface area (Å²) in [5.74, 6) is 0.916. The average Bonchev–Trinajstić information content (AvgIpc) is 4.11. The molecule has 0 unspecified atom stereocenters. The molecular formula is C54H74N8O8. The summed E-state index contributed by atoms with van der Waals surface area (Å²) in [5, 5.41) is 5.81. The Balaban J connectivity index is 0.972. The molecule has 0 radical (unpaired) electrons. The SMILES string of the molecule is COC(=O)N[C@H](C(=O)N1[C@H](c2ncc(-c3ccc(-c4ccc(-c5cnc([C@@H]6CC(C)(C)[C@@H](C)N6C(=O)[C@@H](NC(=O)OC)C6C[C@@H](C)O[C@H](C)C6)[nH]5)cc4)cc3)[nH]2)CC(C)(C)[C@H]1C)C1C[C@@H](C)O[C@H](C)C1. The molecule has 4 aliphatic rings. The van der Waals surface area contributed by atoms with Crippen LogP contribution in [0.2, 0.25) is 0 Å². The number of rotatable bonds is 11. The molecule has 4 aliphatic heterocycles. The van der Waals surface area contributed by atoms with Gasteiger partial charge in [-0.3, -0.25) is 9.59 Å². The van der Waals surface area contributed by atoms with Crippen LogP contribution in [0.3, 0.4) is 0 Å². The fraction of sp³-hybridized carbons (Fsp3) is 0.593. The zero-order valence-electron chi connectivity index (χ0n) is 43.0. The number of carbonyl (C=O) groups excluding carboxylic acids is 4. The van der Waals surface area contributed by atoms with Gasteiger partial charge in [-0.2, -0.15) is 0 Å². The Bertz CT molecular complexity index is 2310. The summed E-state index contributed by atoms with van der Waals surface area (Å²) < 4.78 is 22.0. The number of hydrogen-bond acceptors (Lipinski definition) is 10. The number of aromatic nitrogens is 4. The van der Waals surface area contributed by atoms with Crippen molar-refractivity contribution in [1.29, 1.82) is 0 Å². The number of amides is 4. The van der Waals surface area contributed by atoms with Crippen molar-refractivity contribution in [3.05, 3.63) is 72.6 Å². The third kappa shape index (κ3) is 10.3. The highest BCUT2D eigenvalue weighted by molar-refractivity contribution is 5.88. The monoisotopic (exact) mass is 963 g/mol. The van der Waals surface area contributed by atoms with Crippen molar-refractivity contribution in [2.75, 3.05) is 14.2 Å². The molecule has 4 amide bonds. The van der Waals surface area contributed by atoms with Gasteiger partial charge in [0, 0.05) is 12.1 Å². The molecule has 2 aromatic carbocycles. The normalized spacial score (nSPS) is 29.3. The van der Waals surface area contributed by atoms with Gasteiger partial charge in [0.1, 0.15) is 23.7 Å². The number of imidazole rings is 2. The number of nitrogens with one attached hydrogen (secondary N) is 4. The van der Waals surface area contributed by atoms with E-state index in [-0.39, 0.29) is 83.1 Å². The molecule has 4 saturated heterocycles. The van der Waals surface area contributed by atoms with Crippen molar-refractivity contribution in [3.63, 3.8) is 0 Å². The van der Waals surface area contributed by atoms with E-state index in [1.54, 1.807) is 0 Å². The zero-order valence-corrected chi connectivity index (χ0v) is 43.0. The number of alkyl carbamates (subject to hydrolysis) is 2. The van der Waals surface area contributed by atoms with Crippen LogP contribution in [0.4, 0.5) is 9.59 Å². The second kappa shape index (κ2) is 20.2. The molecule has 6 heterocycles. The number of likely N-dealkylation sites (tertiary alicyclic amines) is 2. The van der Waals surface area contributed by atoms with Crippen LogP contribution < -0.4 is 10.6 Å². The first kappa shape index (κ1) is 50.6. The van der Waals surface area contributed by atoms with Crippen LogP contribution in [0.1, 0.15) is 131 Å². The fourth-order valence-electron chi connectivity index (χ4n) is 11.9. The molecule has 0 aliphatic carbocycles. The lowest BCUT2D eigenvalue weighted by Crippen LogP contribution is -2.56. The van der Waals surface area contributed by atoms with E-state index < -0.39 is 24.3 Å². The maximum atomic E-state index is 14.7. The summed E-state index contributed by atoms with van der Waals surface area (Å²) in [4.78, 5) is 75.5. The molecule has 0 spiro atoms. The minimum atomic E-state index is -0.766. The van der Waals surface area contributed by atoms with E-state index in [1.165, 1.54) is 14.2 Å². The van der Waals surface area contributed by atoms with E-state index in [1.807, 2.05) is 49.9 Å². The van der Waals surface area contributed by atoms with Crippen molar-refractivity contribution in [1.82, 2.24) is 40.4 Å². The minimum absolute atomic E-state index is 0.0384. The largest absolute Gasteiger partial charge is 0.453 e. The van der Waals surface area contributed by atoms with Gasteiger partial charge in [-0.15, -0.1) is 0 Å². The van der Waals surface area contributed by atoms with Crippen LogP contribution in [0.5, 0.6) is 0 Å². The maximum absolute atomic E-state index is 14.7. The van der Waals surface area contributed by atoms with E-state index in [0.717, 1.165) is 33.6 Å². The number of carbonyl (C=O) groups is 4. The first-order valence-corrected chi connectivity index (χ1v) is 25.1. The number of H-pyrrole nitrogens is 2. The first-order valence-electron chi connectivity index (χ1n) is 25.1. The average molecular weight is 963 g/mol. The molecule has 2 aromatic heterocycles. The quantitative estimate of drug-likeness (QED) is 0.113. The predicted octanol–water partition coefficient (Wildman–Crippen LogP) is 9.37. The Morgan fingerprint density at radius 3 is 1.20 bits per heavy atom. The van der Waals surface area contributed by atoms with Crippen molar-refractivity contribution < 1.29 is 38.1 Å². The van der Waals surface area contributed by atoms with Crippen LogP contribution in [-0.2, 0) is 28.5 Å². The highest BCUT2D eigenvalue weighted by atomic mass is 16.5. The summed E-state index contributed by atoms with van der Waals surface area (Å²) in [7, 11) is 2.64. The number of hydrogen-bond donors (Lipinski definition) is 4. The molecule has 0 bridgehead atoms. The Morgan fingerprint density at radius 1 is 0.571 bits per heavy atom. The highest BCUT2D eigenvalue weighted by Gasteiger charge is 2.52. The van der Waals surface area contributed by atoms with Gasteiger partial charge in [0.15, 0.2) is 0 Å². The van der Waals surface area contributed by atoms with Gasteiger partial charge in [-0.05, 0) is 125 Å². The van der Waals surface area contributed by atoms with E-state index >= 15 is 0 Å². The standard InChI is InChI=1S/C54H74N8O8/c1-29-21-39(22-30(2)69-29)45(59-51(65)67-11)49(63)61-33(5)53(7,8)25-43(61)47-55-27-41(57-47)37-17-13-35(14-18-37)36-15-19-38(20-16-36)42-28-56-48(58-42)44-26-54(9,10)34(6)62(44)50(64)46(60-52(66)68-12)40-23-31(3)70-32(4)24-40/h13-20,27-34,39-40,43-46H,21-26H2,1-12H3,(H,55,57)(H,56,58)(H,59,65)(H,60,66)/t29-,30-,31-,32-,33-,34-,43+,44+,45+,46+/m1/s1. The third-order valence-corrected chi connectivity index (χ3v) is 16.1. The Labute approximate surface area is 412 Å². The number of nitrogens with zero attached hydrogens (tertiary/aromatic N) is 4. The second-order valence-corrected chi connectivity index (χ2v) is 22.0. The lowest BCUT2D eigenvalue weighted by Gasteiger charge is -2.40. The van der Waals surface area contributed by atoms with Crippen LogP contribution in [-0.4, -0.2) is 117 Å². The van der Waals surface area contributed by atoms with Gasteiger partial charge in [-0.1, -0.05) is 76.2 Å². The highest BCUT2D eigenvalue weighted by Crippen LogP contribution is 2.49. The molecule has 16 nitrogen and oxygen atoms in total. The zero-order chi connectivity index (χ0) is 50.4. The van der Waals surface area contributed by atoms with Gasteiger partial charge in [0.25, 0.3) is 0 Å². The van der Waals surface area contributed by atoms with Crippen molar-refractivity contribution >= 4 is 24.0 Å². The topological polar surface area (TPSA) is 193 Å². The third-order valence-electron chi connectivity index (χ3n) is 16.1. The summed E-state index contributed by atoms with van der Waals surface area (Å²) in [5.41, 5.74) is 5.29. The van der Waals surface area contributed by atoms with Crippen LogP contribution >= 0.6 is 0 Å². The minimum Gasteiger partial charge on any atom is -0.453 e. The van der Waals surface area contributed by atoms with Crippen LogP contribution in [0, 0.1) is 22.7 Å². The van der Waals surface area contributed by atoms with Crippen LogP contribution in [0.25, 0.3) is 33.6 Å². The van der Waals surface area contributed by atoms with Crippen molar-refractivity contribution in [3.8, 4) is 33.6 Å². The molecule has 4 fully saturated rings. The maximum Gasteiger partial charge on any atom is 0.407 e. The van der Waals surface area contributed by atoms with Gasteiger partial charge in [0.05, 0.1) is 74.5 Å². The van der Waals surface area contributed by atoms with Gasteiger partial charge >= 0.3 is 12.2 Å². The van der Waals surface area contributed by atoms with E-state index in [2.05, 4.69) is 111 Å². The molecule has 378 valence electrons. The first-order chi connectivity index (χ1) is 33.2. The Kier molecular flexibility index (Phi) is 14.6. The summed E-state index contributed by atoms with van der Waals surface area (Å²) >= 11 is 0. The lowest BCUT2D eigenvalue weighted by atomic mass is 9.84. The van der Waals surface area contributed by atoms with Crippen LogP contribution in [0.15, 0.2) is 60.9 Å². The number of methoxy groups -OCH3 is 2. The fourth-order valence-corrected chi connectivity index (χ4v) is 11.9. The van der Waals surface area contributed by atoms with E-state index in [0.29, 0.717) is 50.2 Å². The number of ether oxygens (including phenoxy) is 4. The second-order valence-electron chi connectivity index (χ2n) is 22.0. The molecule has 10 atom stereocenters. The molecule has 16 heteroatoms.